The van der Waals surface area contributed by atoms with Gasteiger partial charge in [0.2, 0.25) is 0 Å². The van der Waals surface area contributed by atoms with Crippen LogP contribution >= 0.6 is 23.8 Å². The lowest BCUT2D eigenvalue weighted by molar-refractivity contribution is -0.384. The number of thiocarbonyl (C=S) groups is 1. The van der Waals surface area contributed by atoms with Gasteiger partial charge in [-0.15, -0.1) is 0 Å². The lowest BCUT2D eigenvalue weighted by atomic mass is 10.2. The minimum atomic E-state index is -0.371. The lowest BCUT2D eigenvalue weighted by Gasteiger charge is -2.36. The van der Waals surface area contributed by atoms with E-state index in [1.165, 1.54) is 6.07 Å². The summed E-state index contributed by atoms with van der Waals surface area (Å²) in [5.74, 6) is 1.41. The number of hydrogen-bond acceptors (Lipinski definition) is 5. The second-order valence-electron chi connectivity index (χ2n) is 6.73. The number of nitro benzene ring substituents is 1. The Morgan fingerprint density at radius 3 is 2.45 bits per heavy atom. The molecule has 4 rings (SSSR count). The average molecular weight is 428 g/mol. The largest absolute Gasteiger partial charge is 0.454 e. The van der Waals surface area contributed by atoms with Crippen LogP contribution in [0.2, 0.25) is 5.02 Å². The summed E-state index contributed by atoms with van der Waals surface area (Å²) in [5, 5.41) is 11.7. The first-order chi connectivity index (χ1) is 14.0. The van der Waals surface area contributed by atoms with E-state index in [1.807, 2.05) is 42.5 Å². The molecule has 0 N–H and O–H groups in total. The second-order valence-corrected chi connectivity index (χ2v) is 7.55. The van der Waals surface area contributed by atoms with Gasteiger partial charge in [0.25, 0.3) is 5.69 Å². The van der Waals surface area contributed by atoms with Gasteiger partial charge in [0.1, 0.15) is 10.7 Å². The molecule has 0 spiro atoms. The minimum Gasteiger partial charge on any atom is -0.454 e. The summed E-state index contributed by atoms with van der Waals surface area (Å²) >= 11 is 11.6. The molecule has 8 heteroatoms. The molecule has 0 bridgehead atoms. The Labute approximate surface area is 178 Å². The molecule has 1 aliphatic heterocycles. The monoisotopic (exact) mass is 427 g/mol. The van der Waals surface area contributed by atoms with Crippen molar-refractivity contribution in [1.29, 1.82) is 0 Å². The fourth-order valence-corrected chi connectivity index (χ4v) is 3.77. The standard InChI is InChI=1S/C21H18ClN3O3S/c22-16-6-4-15(5-7-16)19-8-9-20(28-19)21(29)24-12-10-23(11-13-24)17-2-1-3-18(14-17)25(26)27/h1-9,14H,10-13H2. The Hall–Kier alpha value is -2.90. The Balaban J connectivity index is 1.41. The van der Waals surface area contributed by atoms with E-state index in [4.69, 9.17) is 28.2 Å². The van der Waals surface area contributed by atoms with Crippen LogP contribution in [0.1, 0.15) is 5.76 Å². The summed E-state index contributed by atoms with van der Waals surface area (Å²) in [7, 11) is 0. The molecular formula is C21H18ClN3O3S. The predicted molar refractivity (Wildman–Crippen MR) is 118 cm³/mol. The smallest absolute Gasteiger partial charge is 0.271 e. The number of hydrogen-bond donors (Lipinski definition) is 0. The van der Waals surface area contributed by atoms with Gasteiger partial charge in [-0.25, -0.2) is 0 Å². The number of benzene rings is 2. The molecule has 1 aromatic heterocycles. The summed E-state index contributed by atoms with van der Waals surface area (Å²) in [6.45, 7) is 2.90. The van der Waals surface area contributed by atoms with Gasteiger partial charge in [0.05, 0.1) is 4.92 Å². The topological polar surface area (TPSA) is 62.8 Å². The molecule has 6 nitrogen and oxygen atoms in total. The maximum absolute atomic E-state index is 11.0. The molecule has 2 heterocycles. The van der Waals surface area contributed by atoms with Gasteiger partial charge in [-0.1, -0.05) is 29.9 Å². The van der Waals surface area contributed by atoms with Gasteiger partial charge in [-0.05, 0) is 42.5 Å². The molecule has 0 amide bonds. The SMILES string of the molecule is O=[N+]([O-])c1cccc(N2CCN(C(=S)c3ccc(-c4ccc(Cl)cc4)o3)CC2)c1. The first-order valence-corrected chi connectivity index (χ1v) is 9.94. The number of nitro groups is 1. The van der Waals surface area contributed by atoms with Crippen molar-refractivity contribution in [3.05, 3.63) is 81.6 Å². The summed E-state index contributed by atoms with van der Waals surface area (Å²) in [6.07, 6.45) is 0. The Kier molecular flexibility index (Phi) is 5.51. The van der Waals surface area contributed by atoms with Gasteiger partial charge in [0, 0.05) is 54.6 Å². The van der Waals surface area contributed by atoms with E-state index in [0.29, 0.717) is 15.8 Å². The lowest BCUT2D eigenvalue weighted by Crippen LogP contribution is -2.48. The zero-order chi connectivity index (χ0) is 20.4. The van der Waals surface area contributed by atoms with Crippen molar-refractivity contribution in [2.45, 2.75) is 0 Å². The zero-order valence-electron chi connectivity index (χ0n) is 15.5. The van der Waals surface area contributed by atoms with Crippen molar-refractivity contribution in [3.63, 3.8) is 0 Å². The van der Waals surface area contributed by atoms with Crippen molar-refractivity contribution in [2.75, 3.05) is 31.1 Å². The first kappa shape index (κ1) is 19.4. The van der Waals surface area contributed by atoms with Crippen molar-refractivity contribution in [2.24, 2.45) is 0 Å². The van der Waals surface area contributed by atoms with Gasteiger partial charge in [-0.3, -0.25) is 10.1 Å². The van der Waals surface area contributed by atoms with Crippen LogP contribution < -0.4 is 4.90 Å². The molecule has 29 heavy (non-hydrogen) atoms. The van der Waals surface area contributed by atoms with E-state index >= 15 is 0 Å². The Bertz CT molecular complexity index is 1040. The van der Waals surface area contributed by atoms with E-state index in [9.17, 15) is 10.1 Å². The zero-order valence-corrected chi connectivity index (χ0v) is 17.0. The summed E-state index contributed by atoms with van der Waals surface area (Å²) in [4.78, 5) is 15.5. The minimum absolute atomic E-state index is 0.103. The van der Waals surface area contributed by atoms with Crippen LogP contribution in [0, 0.1) is 10.1 Å². The maximum Gasteiger partial charge on any atom is 0.271 e. The van der Waals surface area contributed by atoms with Gasteiger partial charge < -0.3 is 14.2 Å². The van der Waals surface area contributed by atoms with Crippen LogP contribution in [0.5, 0.6) is 0 Å². The van der Waals surface area contributed by atoms with Crippen molar-refractivity contribution >= 4 is 40.2 Å². The molecule has 3 aromatic rings. The molecule has 148 valence electrons. The Morgan fingerprint density at radius 1 is 1.03 bits per heavy atom. The molecule has 0 radical (unpaired) electrons. The highest BCUT2D eigenvalue weighted by molar-refractivity contribution is 7.80. The van der Waals surface area contributed by atoms with Crippen molar-refractivity contribution in [3.8, 4) is 11.3 Å². The molecular weight excluding hydrogens is 410 g/mol. The van der Waals surface area contributed by atoms with E-state index in [0.717, 1.165) is 43.2 Å². The summed E-state index contributed by atoms with van der Waals surface area (Å²) in [5.41, 5.74) is 1.90. The van der Waals surface area contributed by atoms with Gasteiger partial charge in [-0.2, -0.15) is 0 Å². The quantitative estimate of drug-likeness (QED) is 0.331. The fourth-order valence-electron chi connectivity index (χ4n) is 3.35. The number of rotatable bonds is 4. The fraction of sp³-hybridized carbons (Fsp3) is 0.190. The summed E-state index contributed by atoms with van der Waals surface area (Å²) < 4.78 is 5.96. The third kappa shape index (κ3) is 4.26. The van der Waals surface area contributed by atoms with Gasteiger partial charge >= 0.3 is 0 Å². The van der Waals surface area contributed by atoms with Crippen molar-refractivity contribution < 1.29 is 9.34 Å². The highest BCUT2D eigenvalue weighted by atomic mass is 35.5. The highest BCUT2D eigenvalue weighted by Gasteiger charge is 2.22. The number of piperazine rings is 1. The first-order valence-electron chi connectivity index (χ1n) is 9.16. The molecule has 0 unspecified atom stereocenters. The Morgan fingerprint density at radius 2 is 1.76 bits per heavy atom. The number of anilines is 1. The van der Waals surface area contributed by atoms with E-state index in [2.05, 4.69) is 9.80 Å². The van der Waals surface area contributed by atoms with Crippen LogP contribution in [0.4, 0.5) is 11.4 Å². The molecule has 0 saturated carbocycles. The van der Waals surface area contributed by atoms with E-state index in [1.54, 1.807) is 12.1 Å². The average Bonchev–Trinajstić information content (AvgIpc) is 3.24. The molecule has 2 aromatic carbocycles. The van der Waals surface area contributed by atoms with Crippen LogP contribution in [0.15, 0.2) is 65.1 Å². The van der Waals surface area contributed by atoms with Crippen LogP contribution in [-0.2, 0) is 0 Å². The van der Waals surface area contributed by atoms with Crippen LogP contribution in [0.3, 0.4) is 0 Å². The third-order valence-electron chi connectivity index (χ3n) is 4.92. The number of nitrogens with zero attached hydrogens (tertiary/aromatic N) is 3. The molecule has 1 fully saturated rings. The highest BCUT2D eigenvalue weighted by Crippen LogP contribution is 2.26. The molecule has 0 atom stereocenters. The van der Waals surface area contributed by atoms with E-state index < -0.39 is 0 Å². The van der Waals surface area contributed by atoms with Gasteiger partial charge in [0.15, 0.2) is 5.76 Å². The maximum atomic E-state index is 11.0. The number of furan rings is 1. The van der Waals surface area contributed by atoms with Crippen LogP contribution in [-0.4, -0.2) is 41.0 Å². The molecule has 1 aliphatic rings. The second kappa shape index (κ2) is 8.23. The van der Waals surface area contributed by atoms with E-state index in [-0.39, 0.29) is 10.6 Å². The molecule has 1 saturated heterocycles. The predicted octanol–water partition coefficient (Wildman–Crippen LogP) is 5.01. The summed E-state index contributed by atoms with van der Waals surface area (Å²) in [6, 6.07) is 18.0. The molecule has 0 aliphatic carbocycles. The number of halogens is 1. The number of non-ortho nitro benzene ring substituents is 1. The van der Waals surface area contributed by atoms with Crippen molar-refractivity contribution in [1.82, 2.24) is 4.90 Å². The van der Waals surface area contributed by atoms with Crippen LogP contribution in [0.25, 0.3) is 11.3 Å². The third-order valence-corrected chi connectivity index (χ3v) is 5.63. The normalized spacial score (nSPS) is 14.1.